The predicted molar refractivity (Wildman–Crippen MR) is 46.8 cm³/mol. The van der Waals surface area contributed by atoms with Crippen molar-refractivity contribution in [1.29, 1.82) is 0 Å². The predicted octanol–water partition coefficient (Wildman–Crippen LogP) is 0.526. The number of fused-ring (bicyclic) bond motifs is 1. The van der Waals surface area contributed by atoms with Crippen LogP contribution in [0.2, 0.25) is 0 Å². The van der Waals surface area contributed by atoms with Gasteiger partial charge in [-0.15, -0.1) is 0 Å². The van der Waals surface area contributed by atoms with Crippen molar-refractivity contribution in [2.24, 2.45) is 11.8 Å². The van der Waals surface area contributed by atoms with Crippen molar-refractivity contribution >= 4 is 17.5 Å². The molecule has 0 bridgehead atoms. The van der Waals surface area contributed by atoms with Crippen LogP contribution in [0.25, 0.3) is 0 Å². The SMILES string of the molecule is CC(=O)C1NCC2CSCC21. The minimum Gasteiger partial charge on any atom is -0.307 e. The minimum atomic E-state index is 0.176. The molecule has 2 saturated heterocycles. The van der Waals surface area contributed by atoms with Crippen LogP contribution in [0.4, 0.5) is 0 Å². The van der Waals surface area contributed by atoms with Gasteiger partial charge in [-0.25, -0.2) is 0 Å². The Morgan fingerprint density at radius 1 is 1.55 bits per heavy atom. The van der Waals surface area contributed by atoms with E-state index in [1.165, 1.54) is 11.5 Å². The zero-order chi connectivity index (χ0) is 7.84. The summed E-state index contributed by atoms with van der Waals surface area (Å²) in [5.41, 5.74) is 0. The number of rotatable bonds is 1. The quantitative estimate of drug-likeness (QED) is 0.624. The molecule has 3 heteroatoms. The molecular formula is C8H13NOS. The van der Waals surface area contributed by atoms with Gasteiger partial charge in [0, 0.05) is 0 Å². The summed E-state index contributed by atoms with van der Waals surface area (Å²) in [6, 6.07) is 0.176. The zero-order valence-electron chi connectivity index (χ0n) is 6.67. The molecule has 2 fully saturated rings. The number of Topliss-reactive ketones (excluding diaryl/α,β-unsaturated/α-hetero) is 1. The fourth-order valence-corrected chi connectivity index (χ4v) is 3.61. The molecule has 0 aromatic carbocycles. The Morgan fingerprint density at radius 2 is 2.36 bits per heavy atom. The van der Waals surface area contributed by atoms with Crippen LogP contribution in [0.5, 0.6) is 0 Å². The monoisotopic (exact) mass is 171 g/mol. The van der Waals surface area contributed by atoms with Crippen molar-refractivity contribution in [1.82, 2.24) is 5.32 Å². The first-order valence-electron chi connectivity index (χ1n) is 4.10. The molecule has 0 amide bonds. The van der Waals surface area contributed by atoms with Gasteiger partial charge in [-0.05, 0) is 36.8 Å². The van der Waals surface area contributed by atoms with Gasteiger partial charge in [-0.2, -0.15) is 11.8 Å². The largest absolute Gasteiger partial charge is 0.307 e. The molecule has 2 heterocycles. The molecule has 2 rings (SSSR count). The fraction of sp³-hybridized carbons (Fsp3) is 0.875. The molecule has 1 N–H and O–H groups in total. The second kappa shape index (κ2) is 2.79. The van der Waals surface area contributed by atoms with Crippen molar-refractivity contribution in [3.63, 3.8) is 0 Å². The Hall–Kier alpha value is -0.0200. The van der Waals surface area contributed by atoms with Crippen LogP contribution in [0.15, 0.2) is 0 Å². The lowest BCUT2D eigenvalue weighted by Crippen LogP contribution is -2.34. The van der Waals surface area contributed by atoms with E-state index in [1.54, 1.807) is 6.92 Å². The van der Waals surface area contributed by atoms with Crippen LogP contribution in [0, 0.1) is 11.8 Å². The average Bonchev–Trinajstić information content (AvgIpc) is 2.41. The molecule has 0 aromatic rings. The number of hydrogen-bond acceptors (Lipinski definition) is 3. The molecule has 0 aromatic heterocycles. The topological polar surface area (TPSA) is 29.1 Å². The lowest BCUT2D eigenvalue weighted by atomic mass is 9.92. The third-order valence-electron chi connectivity index (χ3n) is 2.71. The van der Waals surface area contributed by atoms with Crippen LogP contribution in [0.1, 0.15) is 6.92 Å². The van der Waals surface area contributed by atoms with E-state index >= 15 is 0 Å². The summed E-state index contributed by atoms with van der Waals surface area (Å²) in [6.45, 7) is 2.75. The fourth-order valence-electron chi connectivity index (χ4n) is 2.07. The van der Waals surface area contributed by atoms with Crippen LogP contribution < -0.4 is 5.32 Å². The smallest absolute Gasteiger partial charge is 0.147 e. The van der Waals surface area contributed by atoms with Crippen molar-refractivity contribution in [3.8, 4) is 0 Å². The molecule has 62 valence electrons. The van der Waals surface area contributed by atoms with E-state index < -0.39 is 0 Å². The van der Waals surface area contributed by atoms with Crippen LogP contribution in [0.3, 0.4) is 0 Å². The number of hydrogen-bond donors (Lipinski definition) is 1. The van der Waals surface area contributed by atoms with Crippen LogP contribution in [-0.2, 0) is 4.79 Å². The zero-order valence-corrected chi connectivity index (χ0v) is 7.49. The molecule has 2 nitrogen and oxygen atoms in total. The molecule has 3 unspecified atom stereocenters. The van der Waals surface area contributed by atoms with Crippen molar-refractivity contribution in [2.75, 3.05) is 18.1 Å². The Kier molecular flexibility index (Phi) is 1.93. The first-order chi connectivity index (χ1) is 5.29. The van der Waals surface area contributed by atoms with E-state index in [0.29, 0.717) is 11.7 Å². The Balaban J connectivity index is 2.08. The minimum absolute atomic E-state index is 0.176. The Bertz CT molecular complexity index is 183. The highest BCUT2D eigenvalue weighted by Gasteiger charge is 2.41. The van der Waals surface area contributed by atoms with Gasteiger partial charge in [-0.3, -0.25) is 4.79 Å². The molecule has 0 saturated carbocycles. The Morgan fingerprint density at radius 3 is 3.09 bits per heavy atom. The van der Waals surface area contributed by atoms with E-state index in [2.05, 4.69) is 5.32 Å². The molecule has 0 radical (unpaired) electrons. The third kappa shape index (κ3) is 1.20. The first kappa shape index (κ1) is 7.62. The molecule has 3 atom stereocenters. The first-order valence-corrected chi connectivity index (χ1v) is 5.26. The summed E-state index contributed by atoms with van der Waals surface area (Å²) in [5, 5.41) is 3.30. The molecule has 0 aliphatic carbocycles. The summed E-state index contributed by atoms with van der Waals surface area (Å²) in [6.07, 6.45) is 0. The number of carbonyl (C=O) groups excluding carboxylic acids is 1. The summed E-state index contributed by atoms with van der Waals surface area (Å²) < 4.78 is 0. The van der Waals surface area contributed by atoms with Crippen molar-refractivity contribution in [2.45, 2.75) is 13.0 Å². The van der Waals surface area contributed by atoms with E-state index in [1.807, 2.05) is 11.8 Å². The maximum atomic E-state index is 11.1. The van der Waals surface area contributed by atoms with Crippen molar-refractivity contribution < 1.29 is 4.79 Å². The number of ketones is 1. The molecular weight excluding hydrogens is 158 g/mol. The van der Waals surface area contributed by atoms with Gasteiger partial charge in [0.1, 0.15) is 5.78 Å². The number of carbonyl (C=O) groups is 1. The van der Waals surface area contributed by atoms with Crippen LogP contribution in [-0.4, -0.2) is 29.9 Å². The highest BCUT2D eigenvalue weighted by atomic mass is 32.2. The van der Waals surface area contributed by atoms with E-state index in [4.69, 9.17) is 0 Å². The van der Waals surface area contributed by atoms with Crippen LogP contribution >= 0.6 is 11.8 Å². The standard InChI is InChI=1S/C8H13NOS/c1-5(10)8-7-4-11-3-6(7)2-9-8/h6-9H,2-4H2,1H3. The second-order valence-electron chi connectivity index (χ2n) is 3.46. The molecule has 0 spiro atoms. The molecule has 2 aliphatic heterocycles. The highest BCUT2D eigenvalue weighted by Crippen LogP contribution is 2.35. The van der Waals surface area contributed by atoms with E-state index in [-0.39, 0.29) is 6.04 Å². The van der Waals surface area contributed by atoms with Gasteiger partial charge >= 0.3 is 0 Å². The van der Waals surface area contributed by atoms with Gasteiger partial charge in [-0.1, -0.05) is 0 Å². The van der Waals surface area contributed by atoms with Gasteiger partial charge in [0.25, 0.3) is 0 Å². The van der Waals surface area contributed by atoms with Gasteiger partial charge in [0.15, 0.2) is 0 Å². The highest BCUT2D eigenvalue weighted by molar-refractivity contribution is 7.99. The normalized spacial score (nSPS) is 42.5. The number of thioether (sulfide) groups is 1. The van der Waals surface area contributed by atoms with E-state index in [9.17, 15) is 4.79 Å². The summed E-state index contributed by atoms with van der Waals surface area (Å²) in [7, 11) is 0. The maximum Gasteiger partial charge on any atom is 0.147 e. The Labute approximate surface area is 71.1 Å². The van der Waals surface area contributed by atoms with E-state index in [0.717, 1.165) is 12.5 Å². The maximum absolute atomic E-state index is 11.1. The second-order valence-corrected chi connectivity index (χ2v) is 4.53. The molecule has 2 aliphatic rings. The van der Waals surface area contributed by atoms with Gasteiger partial charge < -0.3 is 5.32 Å². The summed E-state index contributed by atoms with van der Waals surface area (Å²) >= 11 is 2.00. The van der Waals surface area contributed by atoms with Crippen molar-refractivity contribution in [3.05, 3.63) is 0 Å². The lowest BCUT2D eigenvalue weighted by molar-refractivity contribution is -0.119. The summed E-state index contributed by atoms with van der Waals surface area (Å²) in [4.78, 5) is 11.1. The number of nitrogens with one attached hydrogen (secondary N) is 1. The summed E-state index contributed by atoms with van der Waals surface area (Å²) in [5.74, 6) is 4.16. The average molecular weight is 171 g/mol. The van der Waals surface area contributed by atoms with Gasteiger partial charge in [0.05, 0.1) is 6.04 Å². The lowest BCUT2D eigenvalue weighted by Gasteiger charge is -2.13. The molecule has 11 heavy (non-hydrogen) atoms. The third-order valence-corrected chi connectivity index (χ3v) is 4.00. The van der Waals surface area contributed by atoms with Gasteiger partial charge in [0.2, 0.25) is 0 Å².